The molecule has 1 atom stereocenters. The fourth-order valence-corrected chi connectivity index (χ4v) is 3.07. The van der Waals surface area contributed by atoms with E-state index in [1.807, 2.05) is 42.3 Å². The topological polar surface area (TPSA) is 32.8 Å². The highest BCUT2D eigenvalue weighted by atomic mass is 19.3. The lowest BCUT2D eigenvalue weighted by molar-refractivity contribution is -0.0498. The van der Waals surface area contributed by atoms with Crippen LogP contribution >= 0.6 is 0 Å². The van der Waals surface area contributed by atoms with E-state index >= 15 is 0 Å². The van der Waals surface area contributed by atoms with Crippen LogP contribution in [0.3, 0.4) is 0 Å². The van der Waals surface area contributed by atoms with E-state index in [1.165, 1.54) is 24.3 Å². The van der Waals surface area contributed by atoms with Crippen LogP contribution in [0.15, 0.2) is 54.6 Å². The summed E-state index contributed by atoms with van der Waals surface area (Å²) in [4.78, 5) is 17.0. The maximum Gasteiger partial charge on any atom is 0.387 e. The smallest absolute Gasteiger partial charge is 0.387 e. The Morgan fingerprint density at radius 3 is 2.40 bits per heavy atom. The van der Waals surface area contributed by atoms with E-state index in [-0.39, 0.29) is 17.7 Å². The van der Waals surface area contributed by atoms with Gasteiger partial charge in [-0.25, -0.2) is 0 Å². The van der Waals surface area contributed by atoms with Crippen LogP contribution in [0.5, 0.6) is 5.75 Å². The maximum absolute atomic E-state index is 12.9. The van der Waals surface area contributed by atoms with Crippen molar-refractivity contribution in [1.29, 1.82) is 0 Å². The molecule has 0 bridgehead atoms. The van der Waals surface area contributed by atoms with Gasteiger partial charge in [-0.3, -0.25) is 4.79 Å². The number of benzene rings is 2. The summed E-state index contributed by atoms with van der Waals surface area (Å²) in [6.07, 6.45) is 0. The monoisotopic (exact) mass is 346 g/mol. The lowest BCUT2D eigenvalue weighted by atomic mass is 10.0. The first-order valence-electron chi connectivity index (χ1n) is 8.14. The van der Waals surface area contributed by atoms with Crippen LogP contribution in [-0.2, 0) is 0 Å². The van der Waals surface area contributed by atoms with E-state index < -0.39 is 6.61 Å². The number of halogens is 2. The average molecular weight is 346 g/mol. The quantitative estimate of drug-likeness (QED) is 0.850. The molecule has 6 heteroatoms. The van der Waals surface area contributed by atoms with Crippen molar-refractivity contribution in [2.45, 2.75) is 12.7 Å². The minimum atomic E-state index is -2.87. The van der Waals surface area contributed by atoms with Crippen LogP contribution in [0.2, 0.25) is 0 Å². The van der Waals surface area contributed by atoms with Crippen molar-refractivity contribution in [3.63, 3.8) is 0 Å². The van der Waals surface area contributed by atoms with Crippen molar-refractivity contribution >= 4 is 5.91 Å². The molecule has 1 saturated heterocycles. The van der Waals surface area contributed by atoms with E-state index in [0.717, 1.165) is 18.7 Å². The molecule has 25 heavy (non-hydrogen) atoms. The number of carbonyl (C=O) groups excluding carboxylic acids is 1. The van der Waals surface area contributed by atoms with Gasteiger partial charge in [0.2, 0.25) is 0 Å². The molecule has 132 valence electrons. The molecule has 0 N–H and O–H groups in total. The number of piperazine rings is 1. The largest absolute Gasteiger partial charge is 0.435 e. The van der Waals surface area contributed by atoms with E-state index in [2.05, 4.69) is 9.64 Å². The lowest BCUT2D eigenvalue weighted by Crippen LogP contribution is -2.49. The first kappa shape index (κ1) is 17.4. The summed E-state index contributed by atoms with van der Waals surface area (Å²) in [6, 6.07) is 15.7. The second kappa shape index (κ2) is 7.61. The molecule has 0 saturated carbocycles. The number of ether oxygens (including phenoxy) is 1. The van der Waals surface area contributed by atoms with Crippen LogP contribution in [0.1, 0.15) is 22.0 Å². The molecule has 1 aliphatic rings. The van der Waals surface area contributed by atoms with Crippen molar-refractivity contribution in [3.8, 4) is 5.75 Å². The van der Waals surface area contributed by atoms with Crippen LogP contribution < -0.4 is 4.74 Å². The zero-order valence-corrected chi connectivity index (χ0v) is 13.9. The molecule has 0 aromatic heterocycles. The van der Waals surface area contributed by atoms with Crippen molar-refractivity contribution in [3.05, 3.63) is 65.7 Å². The Hall–Kier alpha value is -2.47. The van der Waals surface area contributed by atoms with Crippen molar-refractivity contribution < 1.29 is 18.3 Å². The molecule has 1 fully saturated rings. The second-order valence-electron chi connectivity index (χ2n) is 6.09. The van der Waals surface area contributed by atoms with Gasteiger partial charge in [0.05, 0.1) is 6.04 Å². The molecule has 3 rings (SSSR count). The van der Waals surface area contributed by atoms with E-state index in [9.17, 15) is 13.6 Å². The molecule has 1 aliphatic heterocycles. The number of likely N-dealkylation sites (N-methyl/N-ethyl adjacent to an activating group) is 1. The summed E-state index contributed by atoms with van der Waals surface area (Å²) in [5.74, 6) is -0.0601. The van der Waals surface area contributed by atoms with Gasteiger partial charge in [-0.15, -0.1) is 0 Å². The number of alkyl halides is 2. The Morgan fingerprint density at radius 2 is 1.76 bits per heavy atom. The molecule has 1 unspecified atom stereocenters. The Morgan fingerprint density at radius 1 is 1.08 bits per heavy atom. The first-order valence-corrected chi connectivity index (χ1v) is 8.14. The number of hydrogen-bond acceptors (Lipinski definition) is 3. The normalized spacial score (nSPS) is 18.4. The Balaban J connectivity index is 1.81. The second-order valence-corrected chi connectivity index (χ2v) is 6.09. The van der Waals surface area contributed by atoms with Crippen LogP contribution in [0, 0.1) is 0 Å². The Kier molecular flexibility index (Phi) is 5.28. The Bertz CT molecular complexity index is 707. The number of hydrogen-bond donors (Lipinski definition) is 0. The summed E-state index contributed by atoms with van der Waals surface area (Å²) in [5.41, 5.74) is 1.55. The third-order valence-corrected chi connectivity index (χ3v) is 4.36. The minimum Gasteiger partial charge on any atom is -0.435 e. The fourth-order valence-electron chi connectivity index (χ4n) is 3.07. The van der Waals surface area contributed by atoms with Crippen LogP contribution in [-0.4, -0.2) is 49.0 Å². The molecule has 0 radical (unpaired) electrons. The molecule has 0 spiro atoms. The summed E-state index contributed by atoms with van der Waals surface area (Å²) < 4.78 is 28.8. The first-order chi connectivity index (χ1) is 12.0. The van der Waals surface area contributed by atoms with E-state index in [0.29, 0.717) is 12.1 Å². The summed E-state index contributed by atoms with van der Waals surface area (Å²) in [6.45, 7) is -0.713. The minimum absolute atomic E-state index is 0.0376. The van der Waals surface area contributed by atoms with Gasteiger partial charge in [-0.1, -0.05) is 30.3 Å². The van der Waals surface area contributed by atoms with Crippen LogP contribution in [0.25, 0.3) is 0 Å². The number of carbonyl (C=O) groups is 1. The van der Waals surface area contributed by atoms with E-state index in [1.54, 1.807) is 0 Å². The Labute approximate surface area is 145 Å². The van der Waals surface area contributed by atoms with Crippen molar-refractivity contribution in [1.82, 2.24) is 9.80 Å². The van der Waals surface area contributed by atoms with E-state index in [4.69, 9.17) is 0 Å². The predicted octanol–water partition coefficient (Wildman–Crippen LogP) is 3.42. The maximum atomic E-state index is 12.9. The molecule has 2 aromatic rings. The van der Waals surface area contributed by atoms with Gasteiger partial charge in [0.15, 0.2) is 0 Å². The van der Waals surface area contributed by atoms with Crippen molar-refractivity contribution in [2.24, 2.45) is 0 Å². The van der Waals surface area contributed by atoms with Gasteiger partial charge in [0.1, 0.15) is 5.75 Å². The SMILES string of the molecule is CN1CCN(C(=O)c2ccc(OC(F)F)cc2)C(c2ccccc2)C1. The van der Waals surface area contributed by atoms with Crippen molar-refractivity contribution in [2.75, 3.05) is 26.7 Å². The highest BCUT2D eigenvalue weighted by Gasteiger charge is 2.30. The van der Waals surface area contributed by atoms with Crippen LogP contribution in [0.4, 0.5) is 8.78 Å². The highest BCUT2D eigenvalue weighted by Crippen LogP contribution is 2.27. The zero-order valence-electron chi connectivity index (χ0n) is 13.9. The van der Waals surface area contributed by atoms with Gasteiger partial charge in [0.25, 0.3) is 5.91 Å². The third-order valence-electron chi connectivity index (χ3n) is 4.36. The molecule has 1 amide bonds. The highest BCUT2D eigenvalue weighted by molar-refractivity contribution is 5.94. The zero-order chi connectivity index (χ0) is 17.8. The number of nitrogens with zero attached hydrogens (tertiary/aromatic N) is 2. The summed E-state index contributed by atoms with van der Waals surface area (Å²) in [5, 5.41) is 0. The number of rotatable bonds is 4. The molecule has 4 nitrogen and oxygen atoms in total. The molecule has 2 aromatic carbocycles. The molecule has 0 aliphatic carbocycles. The standard InChI is InChI=1S/C19H20F2N2O2/c1-22-11-12-23(17(13-22)14-5-3-2-4-6-14)18(24)15-7-9-16(10-8-15)25-19(20)21/h2-10,17,19H,11-13H2,1H3. The molecular formula is C19H20F2N2O2. The van der Waals surface area contributed by atoms with Gasteiger partial charge in [-0.05, 0) is 36.9 Å². The third kappa shape index (κ3) is 4.14. The van der Waals surface area contributed by atoms with Gasteiger partial charge in [0, 0.05) is 25.2 Å². The summed E-state index contributed by atoms with van der Waals surface area (Å²) >= 11 is 0. The predicted molar refractivity (Wildman–Crippen MR) is 90.8 cm³/mol. The average Bonchev–Trinajstić information content (AvgIpc) is 2.62. The molecule has 1 heterocycles. The molecular weight excluding hydrogens is 326 g/mol. The van der Waals surface area contributed by atoms with Gasteiger partial charge in [-0.2, -0.15) is 8.78 Å². The fraction of sp³-hybridized carbons (Fsp3) is 0.316. The van der Waals surface area contributed by atoms with Gasteiger partial charge >= 0.3 is 6.61 Å². The number of amides is 1. The lowest BCUT2D eigenvalue weighted by Gasteiger charge is -2.40. The summed E-state index contributed by atoms with van der Waals surface area (Å²) in [7, 11) is 2.04. The van der Waals surface area contributed by atoms with Gasteiger partial charge < -0.3 is 14.5 Å².